The van der Waals surface area contributed by atoms with Gasteiger partial charge in [0.25, 0.3) is 11.5 Å². The molecule has 0 atom stereocenters. The van der Waals surface area contributed by atoms with Crippen molar-refractivity contribution < 1.29 is 10.0 Å². The fraction of sp³-hybridized carbons (Fsp3) is 0.111. The second-order valence-electron chi connectivity index (χ2n) is 4.97. The summed E-state index contributed by atoms with van der Waals surface area (Å²) in [4.78, 5) is 23.3. The molecule has 1 aromatic heterocycles. The minimum Gasteiger partial charge on any atom is -0.315 e. The van der Waals surface area contributed by atoms with Crippen LogP contribution in [-0.4, -0.2) is 15.7 Å². The second kappa shape index (κ2) is 7.91. The van der Waals surface area contributed by atoms with Crippen LogP contribution < -0.4 is 11.0 Å². The normalized spacial score (nSPS) is 10.7. The van der Waals surface area contributed by atoms with E-state index < -0.39 is 5.91 Å². The Hall–Kier alpha value is -2.92. The molecule has 2 rings (SSSR count). The van der Waals surface area contributed by atoms with Gasteiger partial charge in [0.2, 0.25) is 0 Å². The van der Waals surface area contributed by atoms with Gasteiger partial charge >= 0.3 is 0 Å². The van der Waals surface area contributed by atoms with Gasteiger partial charge in [0.15, 0.2) is 0 Å². The van der Waals surface area contributed by atoms with Gasteiger partial charge in [-0.05, 0) is 35.8 Å². The molecular formula is C18H18N2O3. The zero-order chi connectivity index (χ0) is 16.7. The molecule has 23 heavy (non-hydrogen) atoms. The molecule has 0 bridgehead atoms. The van der Waals surface area contributed by atoms with Gasteiger partial charge in [-0.25, -0.2) is 5.48 Å². The van der Waals surface area contributed by atoms with E-state index in [2.05, 4.69) is 6.58 Å². The van der Waals surface area contributed by atoms with E-state index >= 15 is 0 Å². The van der Waals surface area contributed by atoms with Crippen LogP contribution in [0.25, 0.3) is 12.2 Å². The van der Waals surface area contributed by atoms with Crippen LogP contribution in [-0.2, 0) is 17.8 Å². The van der Waals surface area contributed by atoms with Crippen LogP contribution in [0.3, 0.4) is 0 Å². The van der Waals surface area contributed by atoms with Gasteiger partial charge in [-0.15, -0.1) is 0 Å². The number of hydrogen-bond acceptors (Lipinski definition) is 3. The van der Waals surface area contributed by atoms with Gasteiger partial charge < -0.3 is 4.57 Å². The third-order valence-electron chi connectivity index (χ3n) is 3.40. The quantitative estimate of drug-likeness (QED) is 0.488. The molecule has 0 aliphatic carbocycles. The van der Waals surface area contributed by atoms with E-state index in [9.17, 15) is 9.59 Å². The van der Waals surface area contributed by atoms with E-state index in [1.165, 1.54) is 11.6 Å². The number of carbonyl (C=O) groups is 1. The fourth-order valence-corrected chi connectivity index (χ4v) is 2.19. The number of aryl methyl sites for hydroxylation is 2. The van der Waals surface area contributed by atoms with Crippen LogP contribution in [0.4, 0.5) is 0 Å². The molecule has 1 aromatic carbocycles. The van der Waals surface area contributed by atoms with Crippen LogP contribution in [0, 0.1) is 0 Å². The fourth-order valence-electron chi connectivity index (χ4n) is 2.19. The lowest BCUT2D eigenvalue weighted by molar-refractivity contribution is -0.124. The minimum atomic E-state index is -0.680. The lowest BCUT2D eigenvalue weighted by Gasteiger charge is -2.07. The highest BCUT2D eigenvalue weighted by atomic mass is 16.5. The van der Waals surface area contributed by atoms with Crippen LogP contribution >= 0.6 is 0 Å². The maximum Gasteiger partial charge on any atom is 0.267 e. The Morgan fingerprint density at radius 1 is 1.30 bits per heavy atom. The number of benzene rings is 1. The van der Waals surface area contributed by atoms with E-state index in [4.69, 9.17) is 5.21 Å². The molecule has 0 saturated carbocycles. The third kappa shape index (κ3) is 4.52. The molecule has 1 amide bonds. The van der Waals surface area contributed by atoms with E-state index in [0.717, 1.165) is 17.2 Å². The summed E-state index contributed by atoms with van der Waals surface area (Å²) < 4.78 is 1.59. The first-order valence-electron chi connectivity index (χ1n) is 7.17. The number of hydroxylamine groups is 1. The molecule has 0 aliphatic rings. The highest BCUT2D eigenvalue weighted by molar-refractivity contribution is 5.90. The largest absolute Gasteiger partial charge is 0.315 e. The van der Waals surface area contributed by atoms with Crippen molar-refractivity contribution in [3.8, 4) is 0 Å². The summed E-state index contributed by atoms with van der Waals surface area (Å²) in [5.74, 6) is -0.680. The first-order chi connectivity index (χ1) is 11.1. The van der Waals surface area contributed by atoms with Gasteiger partial charge in [-0.3, -0.25) is 14.8 Å². The molecule has 0 saturated heterocycles. The maximum absolute atomic E-state index is 12.3. The van der Waals surface area contributed by atoms with Crippen molar-refractivity contribution in [1.82, 2.24) is 10.0 Å². The molecular weight excluding hydrogens is 292 g/mol. The molecule has 1 heterocycles. The summed E-state index contributed by atoms with van der Waals surface area (Å²) in [5.41, 5.74) is 3.85. The van der Waals surface area contributed by atoms with Crippen molar-refractivity contribution in [2.45, 2.75) is 13.0 Å². The van der Waals surface area contributed by atoms with E-state index in [1.807, 2.05) is 24.3 Å². The standard InChI is InChI=1S/C18H18N2O3/c1-2-14-5-3-6-15(13-14)10-12-20-11-4-7-16(18(20)22)8-9-17(21)19-23/h2-9,11,13,23H,1,10,12H2,(H,19,21)/b9-8+. The van der Waals surface area contributed by atoms with Crippen LogP contribution in [0.15, 0.2) is 60.0 Å². The van der Waals surface area contributed by atoms with E-state index in [0.29, 0.717) is 18.5 Å². The lowest BCUT2D eigenvalue weighted by atomic mass is 10.1. The van der Waals surface area contributed by atoms with Gasteiger partial charge in [-0.1, -0.05) is 36.9 Å². The van der Waals surface area contributed by atoms with Crippen molar-refractivity contribution in [2.75, 3.05) is 0 Å². The smallest absolute Gasteiger partial charge is 0.267 e. The van der Waals surface area contributed by atoms with Crippen molar-refractivity contribution >= 4 is 18.1 Å². The van der Waals surface area contributed by atoms with Crippen molar-refractivity contribution in [1.29, 1.82) is 0 Å². The molecule has 0 unspecified atom stereocenters. The van der Waals surface area contributed by atoms with Crippen molar-refractivity contribution in [3.05, 3.63) is 82.3 Å². The van der Waals surface area contributed by atoms with Gasteiger partial charge in [0, 0.05) is 24.4 Å². The molecule has 5 heteroatoms. The average molecular weight is 310 g/mol. The number of hydrogen-bond donors (Lipinski definition) is 2. The SMILES string of the molecule is C=Cc1cccc(CCn2cccc(/C=C/C(=O)NO)c2=O)c1. The van der Waals surface area contributed by atoms with E-state index in [1.54, 1.807) is 29.0 Å². The number of aromatic nitrogens is 1. The number of rotatable bonds is 6. The predicted octanol–water partition coefficient (Wildman–Crippen LogP) is 2.25. The summed E-state index contributed by atoms with van der Waals surface area (Å²) in [7, 11) is 0. The van der Waals surface area contributed by atoms with Crippen LogP contribution in [0.1, 0.15) is 16.7 Å². The summed E-state index contributed by atoms with van der Waals surface area (Å²) in [6, 6.07) is 11.3. The number of amides is 1. The average Bonchev–Trinajstić information content (AvgIpc) is 2.59. The number of pyridine rings is 1. The molecule has 118 valence electrons. The van der Waals surface area contributed by atoms with Crippen molar-refractivity contribution in [2.24, 2.45) is 0 Å². The summed E-state index contributed by atoms with van der Waals surface area (Å²) in [5, 5.41) is 8.45. The summed E-state index contributed by atoms with van der Waals surface area (Å²) >= 11 is 0. The molecule has 2 aromatic rings. The highest BCUT2D eigenvalue weighted by Crippen LogP contribution is 2.08. The molecule has 0 radical (unpaired) electrons. The predicted molar refractivity (Wildman–Crippen MR) is 89.9 cm³/mol. The molecule has 0 aliphatic heterocycles. The topological polar surface area (TPSA) is 71.3 Å². The second-order valence-corrected chi connectivity index (χ2v) is 4.97. The molecule has 5 nitrogen and oxygen atoms in total. The number of carbonyl (C=O) groups excluding carboxylic acids is 1. The van der Waals surface area contributed by atoms with Gasteiger partial charge in [0.1, 0.15) is 0 Å². The van der Waals surface area contributed by atoms with E-state index in [-0.39, 0.29) is 5.56 Å². The summed E-state index contributed by atoms with van der Waals surface area (Å²) in [6.07, 6.45) is 6.69. The molecule has 0 fully saturated rings. The van der Waals surface area contributed by atoms with Crippen LogP contribution in [0.2, 0.25) is 0 Å². The Morgan fingerprint density at radius 3 is 2.87 bits per heavy atom. The van der Waals surface area contributed by atoms with Gasteiger partial charge in [0.05, 0.1) is 0 Å². The zero-order valence-electron chi connectivity index (χ0n) is 12.6. The van der Waals surface area contributed by atoms with Crippen molar-refractivity contribution in [3.63, 3.8) is 0 Å². The molecule has 2 N–H and O–H groups in total. The highest BCUT2D eigenvalue weighted by Gasteiger charge is 2.02. The Morgan fingerprint density at radius 2 is 2.13 bits per heavy atom. The Balaban J connectivity index is 2.14. The zero-order valence-corrected chi connectivity index (χ0v) is 12.6. The monoisotopic (exact) mass is 310 g/mol. The Kier molecular flexibility index (Phi) is 5.66. The summed E-state index contributed by atoms with van der Waals surface area (Å²) in [6.45, 7) is 4.28. The number of nitrogens with zero attached hydrogens (tertiary/aromatic N) is 1. The first kappa shape index (κ1) is 16.5. The minimum absolute atomic E-state index is 0.186. The maximum atomic E-state index is 12.3. The lowest BCUT2D eigenvalue weighted by Crippen LogP contribution is -2.22. The van der Waals surface area contributed by atoms with Gasteiger partial charge in [-0.2, -0.15) is 0 Å². The number of nitrogens with one attached hydrogen (secondary N) is 1. The Bertz CT molecular complexity index is 791. The first-order valence-corrected chi connectivity index (χ1v) is 7.17. The molecule has 0 spiro atoms. The Labute approximate surface area is 134 Å². The third-order valence-corrected chi connectivity index (χ3v) is 3.40. The van der Waals surface area contributed by atoms with Crippen LogP contribution in [0.5, 0.6) is 0 Å².